The number of pyridine rings is 1. The zero-order chi connectivity index (χ0) is 17.1. The molecule has 0 atom stereocenters. The van der Waals surface area contributed by atoms with Gasteiger partial charge in [0.05, 0.1) is 23.1 Å². The molecule has 0 saturated heterocycles. The largest absolute Gasteiger partial charge is 0.508 e. The van der Waals surface area contributed by atoms with Crippen LogP contribution in [0.2, 0.25) is 0 Å². The number of nitrogens with one attached hydrogen (secondary N) is 2. The number of aromatic nitrogens is 3. The molecule has 0 spiro atoms. The second kappa shape index (κ2) is 6.41. The Hall–Kier alpha value is -3.35. The van der Waals surface area contributed by atoms with Crippen LogP contribution >= 0.6 is 0 Å². The summed E-state index contributed by atoms with van der Waals surface area (Å²) in [4.78, 5) is 16.2. The van der Waals surface area contributed by atoms with Gasteiger partial charge in [0.15, 0.2) is 0 Å². The van der Waals surface area contributed by atoms with Gasteiger partial charge >= 0.3 is 0 Å². The average molecular weight is 324 g/mol. The number of hydrogen-bond donors (Lipinski definition) is 4. The van der Waals surface area contributed by atoms with Gasteiger partial charge in [-0.1, -0.05) is 6.92 Å². The highest BCUT2D eigenvalue weighted by Gasteiger charge is 2.17. The van der Waals surface area contributed by atoms with E-state index < -0.39 is 0 Å². The minimum atomic E-state index is -0.334. The van der Waals surface area contributed by atoms with Gasteiger partial charge in [0.25, 0.3) is 5.91 Å². The van der Waals surface area contributed by atoms with Crippen LogP contribution in [0.3, 0.4) is 0 Å². The van der Waals surface area contributed by atoms with Crippen LogP contribution in [-0.2, 0) is 6.42 Å². The van der Waals surface area contributed by atoms with Crippen molar-refractivity contribution in [2.75, 3.05) is 5.32 Å². The normalized spacial score (nSPS) is 10.5. The molecule has 0 fully saturated rings. The fraction of sp³-hybridized carbons (Fsp3) is 0.118. The van der Waals surface area contributed by atoms with Crippen LogP contribution in [0, 0.1) is 0 Å². The van der Waals surface area contributed by atoms with Crippen molar-refractivity contribution >= 4 is 11.6 Å². The quantitative estimate of drug-likeness (QED) is 0.589. The lowest BCUT2D eigenvalue weighted by Gasteiger charge is -2.10. The maximum Gasteiger partial charge on any atom is 0.257 e. The average Bonchev–Trinajstić information content (AvgIpc) is 3.03. The molecule has 2 heterocycles. The SMILES string of the molecule is CCc1cc(-c2[nH]ncc2NC(=O)c2cccnc2)c(O)cc1O. The van der Waals surface area contributed by atoms with Crippen molar-refractivity contribution in [3.05, 3.63) is 54.0 Å². The highest BCUT2D eigenvalue weighted by molar-refractivity contribution is 6.05. The molecule has 1 aromatic carbocycles. The minimum absolute atomic E-state index is 0.0270. The van der Waals surface area contributed by atoms with E-state index in [9.17, 15) is 15.0 Å². The second-order valence-corrected chi connectivity index (χ2v) is 5.21. The molecule has 122 valence electrons. The Morgan fingerprint density at radius 2 is 2.08 bits per heavy atom. The Morgan fingerprint density at radius 3 is 2.79 bits per heavy atom. The topological polar surface area (TPSA) is 111 Å². The third-order valence-electron chi connectivity index (χ3n) is 3.66. The number of amides is 1. The van der Waals surface area contributed by atoms with Crippen LogP contribution in [0.25, 0.3) is 11.3 Å². The first-order valence-electron chi connectivity index (χ1n) is 7.40. The first-order valence-corrected chi connectivity index (χ1v) is 7.40. The molecule has 0 radical (unpaired) electrons. The molecular formula is C17H16N4O3. The van der Waals surface area contributed by atoms with Gasteiger partial charge in [-0.15, -0.1) is 0 Å². The number of aromatic hydroxyl groups is 2. The maximum atomic E-state index is 12.3. The highest BCUT2D eigenvalue weighted by Crippen LogP contribution is 2.37. The Bertz CT molecular complexity index is 875. The Kier molecular flexibility index (Phi) is 4.15. The number of anilines is 1. The molecule has 1 amide bonds. The number of phenols is 2. The van der Waals surface area contributed by atoms with Crippen LogP contribution in [0.1, 0.15) is 22.8 Å². The third-order valence-corrected chi connectivity index (χ3v) is 3.66. The maximum absolute atomic E-state index is 12.3. The van der Waals surface area contributed by atoms with Gasteiger partial charge in [-0.3, -0.25) is 14.9 Å². The molecule has 0 aliphatic heterocycles. The van der Waals surface area contributed by atoms with Gasteiger partial charge in [-0.2, -0.15) is 5.10 Å². The van der Waals surface area contributed by atoms with Crippen molar-refractivity contribution in [2.24, 2.45) is 0 Å². The van der Waals surface area contributed by atoms with E-state index in [1.165, 1.54) is 18.5 Å². The number of carbonyl (C=O) groups is 1. The molecule has 3 rings (SSSR count). The molecule has 0 saturated carbocycles. The van der Waals surface area contributed by atoms with Crippen molar-refractivity contribution < 1.29 is 15.0 Å². The molecule has 4 N–H and O–H groups in total. The number of phenolic OH excluding ortho intramolecular Hbond substituents is 2. The molecule has 7 nitrogen and oxygen atoms in total. The van der Waals surface area contributed by atoms with Crippen LogP contribution in [-0.4, -0.2) is 31.3 Å². The van der Waals surface area contributed by atoms with Crippen LogP contribution in [0.5, 0.6) is 11.5 Å². The summed E-state index contributed by atoms with van der Waals surface area (Å²) < 4.78 is 0. The summed E-state index contributed by atoms with van der Waals surface area (Å²) in [5, 5.41) is 29.4. The van der Waals surface area contributed by atoms with Crippen molar-refractivity contribution in [3.63, 3.8) is 0 Å². The summed E-state index contributed by atoms with van der Waals surface area (Å²) in [6.45, 7) is 1.90. The number of nitrogens with zero attached hydrogens (tertiary/aromatic N) is 2. The van der Waals surface area contributed by atoms with Crippen molar-refractivity contribution in [1.82, 2.24) is 15.2 Å². The fourth-order valence-electron chi connectivity index (χ4n) is 2.38. The van der Waals surface area contributed by atoms with Gasteiger partial charge in [-0.05, 0) is 30.2 Å². The zero-order valence-corrected chi connectivity index (χ0v) is 12.9. The van der Waals surface area contributed by atoms with Crippen LogP contribution < -0.4 is 5.32 Å². The molecule has 3 aromatic rings. The fourth-order valence-corrected chi connectivity index (χ4v) is 2.38. The smallest absolute Gasteiger partial charge is 0.257 e. The first kappa shape index (κ1) is 15.5. The first-order chi connectivity index (χ1) is 11.6. The minimum Gasteiger partial charge on any atom is -0.508 e. The van der Waals surface area contributed by atoms with E-state index in [1.807, 2.05) is 6.92 Å². The van der Waals surface area contributed by atoms with Crippen molar-refractivity contribution in [1.29, 1.82) is 0 Å². The zero-order valence-electron chi connectivity index (χ0n) is 12.9. The number of benzene rings is 1. The third kappa shape index (κ3) is 2.91. The lowest BCUT2D eigenvalue weighted by Crippen LogP contribution is -2.12. The van der Waals surface area contributed by atoms with Crippen LogP contribution in [0.15, 0.2) is 42.9 Å². The van der Waals surface area contributed by atoms with E-state index >= 15 is 0 Å². The van der Waals surface area contributed by atoms with Gasteiger partial charge < -0.3 is 15.5 Å². The molecule has 0 bridgehead atoms. The van der Waals surface area contributed by atoms with E-state index in [4.69, 9.17) is 0 Å². The summed E-state index contributed by atoms with van der Waals surface area (Å²) in [7, 11) is 0. The summed E-state index contributed by atoms with van der Waals surface area (Å²) in [5.41, 5.74) is 2.42. The van der Waals surface area contributed by atoms with Gasteiger partial charge in [0.2, 0.25) is 0 Å². The Morgan fingerprint density at radius 1 is 1.25 bits per heavy atom. The summed E-state index contributed by atoms with van der Waals surface area (Å²) in [5.74, 6) is -0.412. The number of H-pyrrole nitrogens is 1. The molecule has 24 heavy (non-hydrogen) atoms. The molecule has 0 aliphatic rings. The number of aryl methyl sites for hydroxylation is 1. The lowest BCUT2D eigenvalue weighted by atomic mass is 10.0. The van der Waals surface area contributed by atoms with E-state index in [2.05, 4.69) is 20.5 Å². The summed E-state index contributed by atoms with van der Waals surface area (Å²) in [6, 6.07) is 6.26. The predicted octanol–water partition coefficient (Wildman–Crippen LogP) is 2.70. The predicted molar refractivity (Wildman–Crippen MR) is 88.9 cm³/mol. The van der Waals surface area contributed by atoms with Crippen LogP contribution in [0.4, 0.5) is 5.69 Å². The highest BCUT2D eigenvalue weighted by atomic mass is 16.3. The Labute approximate surface area is 138 Å². The van der Waals surface area contributed by atoms with Crippen molar-refractivity contribution in [2.45, 2.75) is 13.3 Å². The summed E-state index contributed by atoms with van der Waals surface area (Å²) in [6.07, 6.45) is 5.11. The van der Waals surface area contributed by atoms with Gasteiger partial charge in [-0.25, -0.2) is 0 Å². The number of hydrogen-bond acceptors (Lipinski definition) is 5. The van der Waals surface area contributed by atoms with E-state index in [0.29, 0.717) is 34.5 Å². The number of rotatable bonds is 4. The van der Waals surface area contributed by atoms with E-state index in [1.54, 1.807) is 24.4 Å². The standard InChI is InChI=1S/C17H16N4O3/c1-2-10-6-12(15(23)7-14(10)22)16-13(9-19-21-16)20-17(24)11-4-3-5-18-8-11/h3-9,22-23H,2H2,1H3,(H,19,21)(H,20,24). The number of carbonyl (C=O) groups excluding carboxylic acids is 1. The molecule has 0 unspecified atom stereocenters. The molecule has 0 aliphatic carbocycles. The number of aromatic amines is 1. The second-order valence-electron chi connectivity index (χ2n) is 5.21. The summed E-state index contributed by atoms with van der Waals surface area (Å²) >= 11 is 0. The molecular weight excluding hydrogens is 308 g/mol. The van der Waals surface area contributed by atoms with Gasteiger partial charge in [0, 0.05) is 24.0 Å². The van der Waals surface area contributed by atoms with E-state index in [0.717, 1.165) is 0 Å². The lowest BCUT2D eigenvalue weighted by molar-refractivity contribution is 0.102. The van der Waals surface area contributed by atoms with Gasteiger partial charge in [0.1, 0.15) is 11.5 Å². The molecule has 7 heteroatoms. The monoisotopic (exact) mass is 324 g/mol. The van der Waals surface area contributed by atoms with E-state index in [-0.39, 0.29) is 17.4 Å². The Balaban J connectivity index is 1.95. The van der Waals surface area contributed by atoms with Crippen molar-refractivity contribution in [3.8, 4) is 22.8 Å². The molecule has 2 aromatic heterocycles.